The van der Waals surface area contributed by atoms with Gasteiger partial charge in [-0.15, -0.1) is 0 Å². The average molecular weight is 369 g/mol. The Labute approximate surface area is 160 Å². The zero-order chi connectivity index (χ0) is 19.2. The van der Waals surface area contributed by atoms with Crippen LogP contribution in [0.1, 0.15) is 11.1 Å². The Morgan fingerprint density at radius 1 is 1.07 bits per heavy atom. The van der Waals surface area contributed by atoms with E-state index in [9.17, 15) is 4.79 Å². The van der Waals surface area contributed by atoms with Crippen molar-refractivity contribution in [2.24, 2.45) is 0 Å². The maximum atomic E-state index is 11.4. The van der Waals surface area contributed by atoms with Gasteiger partial charge in [0.25, 0.3) is 0 Å². The number of amides is 1. The van der Waals surface area contributed by atoms with Gasteiger partial charge < -0.3 is 19.7 Å². The molecule has 0 aliphatic carbocycles. The molecule has 6 heteroatoms. The molecule has 1 N–H and O–H groups in total. The Balaban J connectivity index is 1.60. The fourth-order valence-corrected chi connectivity index (χ4v) is 3.37. The van der Waals surface area contributed by atoms with Crippen molar-refractivity contribution in [3.05, 3.63) is 53.6 Å². The molecular formula is C21H27N3O3. The van der Waals surface area contributed by atoms with E-state index >= 15 is 0 Å². The van der Waals surface area contributed by atoms with Gasteiger partial charge in [0.05, 0.1) is 7.11 Å². The predicted molar refractivity (Wildman–Crippen MR) is 107 cm³/mol. The number of anilines is 1. The van der Waals surface area contributed by atoms with Crippen LogP contribution in [0.3, 0.4) is 0 Å². The quantitative estimate of drug-likeness (QED) is 0.878. The molecule has 27 heavy (non-hydrogen) atoms. The van der Waals surface area contributed by atoms with E-state index < -0.39 is 6.09 Å². The van der Waals surface area contributed by atoms with Crippen molar-refractivity contribution in [2.45, 2.75) is 13.5 Å². The van der Waals surface area contributed by atoms with E-state index in [1.807, 2.05) is 12.1 Å². The summed E-state index contributed by atoms with van der Waals surface area (Å²) < 4.78 is 10.6. The van der Waals surface area contributed by atoms with Gasteiger partial charge in [0.2, 0.25) is 0 Å². The first-order valence-electron chi connectivity index (χ1n) is 9.20. The van der Waals surface area contributed by atoms with E-state index in [1.165, 1.54) is 18.3 Å². The molecule has 1 amide bonds. The Bertz CT molecular complexity index is 786. The highest BCUT2D eigenvalue weighted by molar-refractivity contribution is 5.71. The van der Waals surface area contributed by atoms with Gasteiger partial charge in [-0.3, -0.25) is 4.90 Å². The minimum Gasteiger partial charge on any atom is -0.493 e. The molecule has 2 aromatic rings. The third kappa shape index (κ3) is 4.71. The van der Waals surface area contributed by atoms with Crippen molar-refractivity contribution < 1.29 is 14.3 Å². The Hall–Kier alpha value is -2.73. The summed E-state index contributed by atoms with van der Waals surface area (Å²) in [7, 11) is 3.11. The lowest BCUT2D eigenvalue weighted by Crippen LogP contribution is -2.46. The molecule has 0 atom stereocenters. The molecule has 0 radical (unpaired) electrons. The lowest BCUT2D eigenvalue weighted by Gasteiger charge is -2.36. The maximum Gasteiger partial charge on any atom is 0.412 e. The molecule has 3 rings (SSSR count). The van der Waals surface area contributed by atoms with Crippen LogP contribution in [0.25, 0.3) is 0 Å². The number of methoxy groups -OCH3 is 1. The van der Waals surface area contributed by atoms with Gasteiger partial charge in [0.15, 0.2) is 11.5 Å². The second-order valence-corrected chi connectivity index (χ2v) is 6.67. The Kier molecular flexibility index (Phi) is 6.19. The predicted octanol–water partition coefficient (Wildman–Crippen LogP) is 3.04. The van der Waals surface area contributed by atoms with Gasteiger partial charge in [-0.2, -0.15) is 0 Å². The van der Waals surface area contributed by atoms with Gasteiger partial charge in [-0.25, -0.2) is 4.79 Å². The molecule has 1 aliphatic heterocycles. The van der Waals surface area contributed by atoms with E-state index in [-0.39, 0.29) is 0 Å². The molecule has 1 aliphatic rings. The van der Waals surface area contributed by atoms with Gasteiger partial charge >= 0.3 is 6.09 Å². The van der Waals surface area contributed by atoms with E-state index in [2.05, 4.69) is 46.3 Å². The van der Waals surface area contributed by atoms with Crippen molar-refractivity contribution in [3.63, 3.8) is 0 Å². The van der Waals surface area contributed by atoms with Gasteiger partial charge in [0, 0.05) is 45.5 Å². The summed E-state index contributed by atoms with van der Waals surface area (Å²) in [4.78, 5) is 16.3. The number of benzene rings is 2. The summed E-state index contributed by atoms with van der Waals surface area (Å²) in [5, 5.41) is 2.44. The van der Waals surface area contributed by atoms with Crippen LogP contribution >= 0.6 is 0 Å². The fourth-order valence-electron chi connectivity index (χ4n) is 3.37. The fraction of sp³-hybridized carbons (Fsp3) is 0.381. The number of nitrogens with zero attached hydrogens (tertiary/aromatic N) is 2. The summed E-state index contributed by atoms with van der Waals surface area (Å²) in [5.41, 5.74) is 3.79. The number of hydrogen-bond acceptors (Lipinski definition) is 5. The van der Waals surface area contributed by atoms with Gasteiger partial charge in [-0.05, 0) is 36.2 Å². The summed E-state index contributed by atoms with van der Waals surface area (Å²) in [6.45, 7) is 7.05. The topological polar surface area (TPSA) is 54.0 Å². The monoisotopic (exact) mass is 369 g/mol. The van der Waals surface area contributed by atoms with Gasteiger partial charge in [0.1, 0.15) is 0 Å². The molecule has 144 valence electrons. The maximum absolute atomic E-state index is 11.4. The standard InChI is InChI=1S/C21H27N3O3/c1-16-6-4-5-7-18(16)24-12-10-23(11-13-24)15-17-8-9-19(20(14-17)26-3)27-21(25)22-2/h4-9,14H,10-13,15H2,1-3H3,(H,22,25). The highest BCUT2D eigenvalue weighted by Crippen LogP contribution is 2.29. The van der Waals surface area contributed by atoms with E-state index in [4.69, 9.17) is 9.47 Å². The molecule has 0 spiro atoms. The molecule has 1 heterocycles. The van der Waals surface area contributed by atoms with Crippen LogP contribution in [-0.2, 0) is 6.54 Å². The zero-order valence-corrected chi connectivity index (χ0v) is 16.2. The molecule has 1 saturated heterocycles. The minimum absolute atomic E-state index is 0.421. The second kappa shape index (κ2) is 8.77. The van der Waals surface area contributed by atoms with Crippen molar-refractivity contribution >= 4 is 11.8 Å². The number of ether oxygens (including phenoxy) is 2. The Morgan fingerprint density at radius 3 is 2.48 bits per heavy atom. The van der Waals surface area contributed by atoms with E-state index in [1.54, 1.807) is 13.2 Å². The minimum atomic E-state index is -0.506. The smallest absolute Gasteiger partial charge is 0.412 e. The number of piperazine rings is 1. The van der Waals surface area contributed by atoms with Crippen LogP contribution in [-0.4, -0.2) is 51.3 Å². The van der Waals surface area contributed by atoms with Crippen molar-refractivity contribution in [3.8, 4) is 11.5 Å². The summed E-state index contributed by atoms with van der Waals surface area (Å²) in [6, 6.07) is 14.2. The number of carbonyl (C=O) groups excluding carboxylic acids is 1. The van der Waals surface area contributed by atoms with Gasteiger partial charge in [-0.1, -0.05) is 24.3 Å². The molecule has 6 nitrogen and oxygen atoms in total. The molecular weight excluding hydrogens is 342 g/mol. The summed E-state index contributed by atoms with van der Waals surface area (Å²) >= 11 is 0. The second-order valence-electron chi connectivity index (χ2n) is 6.67. The first-order valence-corrected chi connectivity index (χ1v) is 9.20. The number of aryl methyl sites for hydroxylation is 1. The third-order valence-electron chi connectivity index (χ3n) is 4.87. The largest absolute Gasteiger partial charge is 0.493 e. The first kappa shape index (κ1) is 19.0. The lowest BCUT2D eigenvalue weighted by atomic mass is 10.1. The SMILES string of the molecule is CNC(=O)Oc1ccc(CN2CCN(c3ccccc3C)CC2)cc1OC. The zero-order valence-electron chi connectivity index (χ0n) is 16.2. The average Bonchev–Trinajstić information content (AvgIpc) is 2.70. The summed E-state index contributed by atoms with van der Waals surface area (Å²) in [5.74, 6) is 0.986. The number of hydrogen-bond donors (Lipinski definition) is 1. The molecule has 0 bridgehead atoms. The number of rotatable bonds is 5. The highest BCUT2D eigenvalue weighted by Gasteiger charge is 2.19. The first-order chi connectivity index (χ1) is 13.1. The third-order valence-corrected chi connectivity index (χ3v) is 4.87. The molecule has 2 aromatic carbocycles. The van der Waals surface area contributed by atoms with E-state index in [0.29, 0.717) is 11.5 Å². The number of para-hydroxylation sites is 1. The molecule has 0 aromatic heterocycles. The van der Waals surface area contributed by atoms with Crippen molar-refractivity contribution in [2.75, 3.05) is 45.2 Å². The van der Waals surface area contributed by atoms with Crippen LogP contribution in [0.5, 0.6) is 11.5 Å². The molecule has 0 saturated carbocycles. The Morgan fingerprint density at radius 2 is 1.81 bits per heavy atom. The molecule has 0 unspecified atom stereocenters. The number of nitrogens with one attached hydrogen (secondary N) is 1. The van der Waals surface area contributed by atoms with Crippen LogP contribution in [0.2, 0.25) is 0 Å². The number of carbonyl (C=O) groups is 1. The van der Waals surface area contributed by atoms with Crippen LogP contribution in [0, 0.1) is 6.92 Å². The van der Waals surface area contributed by atoms with E-state index in [0.717, 1.165) is 38.3 Å². The van der Waals surface area contributed by atoms with Crippen LogP contribution in [0.15, 0.2) is 42.5 Å². The van der Waals surface area contributed by atoms with Crippen LogP contribution < -0.4 is 19.7 Å². The summed E-state index contributed by atoms with van der Waals surface area (Å²) in [6.07, 6.45) is -0.506. The highest BCUT2D eigenvalue weighted by atomic mass is 16.6. The lowest BCUT2D eigenvalue weighted by molar-refractivity contribution is 0.200. The van der Waals surface area contributed by atoms with Crippen molar-refractivity contribution in [1.82, 2.24) is 10.2 Å². The molecule has 1 fully saturated rings. The van der Waals surface area contributed by atoms with Crippen LogP contribution in [0.4, 0.5) is 10.5 Å². The normalized spacial score (nSPS) is 14.7. The van der Waals surface area contributed by atoms with Crippen molar-refractivity contribution in [1.29, 1.82) is 0 Å².